The van der Waals surface area contributed by atoms with Crippen LogP contribution in [0.2, 0.25) is 5.02 Å². The van der Waals surface area contributed by atoms with Crippen LogP contribution in [-0.4, -0.2) is 0 Å². The van der Waals surface area contributed by atoms with Crippen LogP contribution in [0.25, 0.3) is 21.9 Å². The van der Waals surface area contributed by atoms with E-state index in [1.54, 1.807) is 36.4 Å². The van der Waals surface area contributed by atoms with Crippen LogP contribution in [0.4, 0.5) is 5.69 Å². The van der Waals surface area contributed by atoms with Crippen LogP contribution in [0, 0.1) is 0 Å². The van der Waals surface area contributed by atoms with E-state index in [-0.39, 0.29) is 5.43 Å². The molecule has 0 aliphatic carbocycles. The first-order chi connectivity index (χ1) is 8.15. The minimum atomic E-state index is -0.115. The lowest BCUT2D eigenvalue weighted by molar-refractivity contribution is 0.660. The van der Waals surface area contributed by atoms with Gasteiger partial charge in [-0.1, -0.05) is 11.6 Å². The summed E-state index contributed by atoms with van der Waals surface area (Å²) < 4.78 is 5.62. The summed E-state index contributed by atoms with van der Waals surface area (Å²) in [5.74, 6) is 0. The lowest BCUT2D eigenvalue weighted by atomic mass is 10.1. The van der Waals surface area contributed by atoms with Crippen LogP contribution in [0.1, 0.15) is 0 Å². The average Bonchev–Trinajstić information content (AvgIpc) is 2.32. The van der Waals surface area contributed by atoms with E-state index in [0.717, 1.165) is 0 Å². The second-order valence-electron chi connectivity index (χ2n) is 3.83. The lowest BCUT2D eigenvalue weighted by Crippen LogP contribution is -2.02. The predicted octanol–water partition coefficient (Wildman–Crippen LogP) is 3.18. The van der Waals surface area contributed by atoms with Crippen molar-refractivity contribution >= 4 is 39.2 Å². The van der Waals surface area contributed by atoms with Crippen LogP contribution in [0.5, 0.6) is 0 Å². The Morgan fingerprint density at radius 3 is 2.41 bits per heavy atom. The van der Waals surface area contributed by atoms with E-state index in [2.05, 4.69) is 0 Å². The standard InChI is InChI=1S/C13H8ClNO2/c14-7-1-3-11-9(5-7)13(16)10-6-8(15)2-4-12(10)17-11/h1-6H,15H2. The van der Waals surface area contributed by atoms with Crippen molar-refractivity contribution in [2.24, 2.45) is 0 Å². The number of hydrogen-bond acceptors (Lipinski definition) is 3. The van der Waals surface area contributed by atoms with E-state index < -0.39 is 0 Å². The molecule has 3 nitrogen and oxygen atoms in total. The molecule has 4 heteroatoms. The highest BCUT2D eigenvalue weighted by Crippen LogP contribution is 2.22. The quantitative estimate of drug-likeness (QED) is 0.489. The zero-order valence-electron chi connectivity index (χ0n) is 8.74. The van der Waals surface area contributed by atoms with E-state index >= 15 is 0 Å². The molecule has 0 spiro atoms. The van der Waals surface area contributed by atoms with E-state index in [0.29, 0.717) is 32.6 Å². The molecule has 0 aliphatic heterocycles. The third-order valence-electron chi connectivity index (χ3n) is 2.65. The van der Waals surface area contributed by atoms with E-state index in [4.69, 9.17) is 21.8 Å². The van der Waals surface area contributed by atoms with E-state index in [1.165, 1.54) is 0 Å². The molecule has 0 unspecified atom stereocenters. The molecule has 0 bridgehead atoms. The summed E-state index contributed by atoms with van der Waals surface area (Å²) in [6, 6.07) is 9.99. The third kappa shape index (κ3) is 1.56. The molecular weight excluding hydrogens is 238 g/mol. The summed E-state index contributed by atoms with van der Waals surface area (Å²) in [7, 11) is 0. The van der Waals surface area contributed by atoms with E-state index in [9.17, 15) is 4.79 Å². The number of benzene rings is 2. The Bertz CT molecular complexity index is 729. The van der Waals surface area contributed by atoms with E-state index in [1.807, 2.05) is 0 Å². The largest absolute Gasteiger partial charge is 0.456 e. The average molecular weight is 246 g/mol. The first-order valence-electron chi connectivity index (χ1n) is 5.07. The van der Waals surface area contributed by atoms with Crippen molar-refractivity contribution in [3.8, 4) is 0 Å². The number of rotatable bonds is 0. The highest BCUT2D eigenvalue weighted by Gasteiger charge is 2.08. The highest BCUT2D eigenvalue weighted by atomic mass is 35.5. The van der Waals surface area contributed by atoms with Gasteiger partial charge in [-0.05, 0) is 36.4 Å². The van der Waals surface area contributed by atoms with Crippen molar-refractivity contribution in [3.05, 3.63) is 51.6 Å². The zero-order chi connectivity index (χ0) is 12.0. The molecule has 0 saturated carbocycles. The number of anilines is 1. The molecule has 0 atom stereocenters. The molecule has 1 aromatic heterocycles. The molecule has 0 fully saturated rings. The maximum Gasteiger partial charge on any atom is 0.200 e. The molecule has 0 aliphatic rings. The summed E-state index contributed by atoms with van der Waals surface area (Å²) in [5.41, 5.74) is 7.13. The topological polar surface area (TPSA) is 56.2 Å². The van der Waals surface area contributed by atoms with Gasteiger partial charge in [-0.2, -0.15) is 0 Å². The van der Waals surface area contributed by atoms with Crippen molar-refractivity contribution in [2.75, 3.05) is 5.73 Å². The van der Waals surface area contributed by atoms with Gasteiger partial charge in [0.2, 0.25) is 5.43 Å². The fraction of sp³-hybridized carbons (Fsp3) is 0. The molecule has 0 saturated heterocycles. The number of nitrogen functional groups attached to an aromatic ring is 1. The Labute approximate surface area is 101 Å². The Morgan fingerprint density at radius 1 is 1.00 bits per heavy atom. The number of fused-ring (bicyclic) bond motifs is 2. The third-order valence-corrected chi connectivity index (χ3v) is 2.89. The maximum absolute atomic E-state index is 12.2. The second-order valence-corrected chi connectivity index (χ2v) is 4.26. The Kier molecular flexibility index (Phi) is 2.09. The number of hydrogen-bond donors (Lipinski definition) is 1. The fourth-order valence-electron chi connectivity index (χ4n) is 1.85. The van der Waals surface area contributed by atoms with Crippen molar-refractivity contribution in [1.82, 2.24) is 0 Å². The zero-order valence-corrected chi connectivity index (χ0v) is 9.49. The van der Waals surface area contributed by atoms with Gasteiger partial charge in [0.1, 0.15) is 11.2 Å². The van der Waals surface area contributed by atoms with Crippen molar-refractivity contribution in [1.29, 1.82) is 0 Å². The van der Waals surface area contributed by atoms with Gasteiger partial charge in [-0.15, -0.1) is 0 Å². The second kappa shape index (κ2) is 3.50. The van der Waals surface area contributed by atoms with Gasteiger partial charge in [0, 0.05) is 10.7 Å². The van der Waals surface area contributed by atoms with Gasteiger partial charge >= 0.3 is 0 Å². The first kappa shape index (κ1) is 10.2. The molecule has 84 valence electrons. The van der Waals surface area contributed by atoms with Gasteiger partial charge in [0.25, 0.3) is 0 Å². The molecule has 3 rings (SSSR count). The van der Waals surface area contributed by atoms with Crippen LogP contribution in [0.15, 0.2) is 45.6 Å². The van der Waals surface area contributed by atoms with Crippen LogP contribution in [-0.2, 0) is 0 Å². The van der Waals surface area contributed by atoms with Gasteiger partial charge < -0.3 is 10.2 Å². The smallest absolute Gasteiger partial charge is 0.200 e. The Morgan fingerprint density at radius 2 is 1.65 bits per heavy atom. The Balaban J connectivity index is 2.58. The minimum Gasteiger partial charge on any atom is -0.456 e. The lowest BCUT2D eigenvalue weighted by Gasteiger charge is -2.02. The van der Waals surface area contributed by atoms with Gasteiger partial charge in [0.15, 0.2) is 0 Å². The first-order valence-corrected chi connectivity index (χ1v) is 5.44. The molecule has 3 aromatic rings. The molecule has 17 heavy (non-hydrogen) atoms. The van der Waals surface area contributed by atoms with Crippen molar-refractivity contribution in [2.45, 2.75) is 0 Å². The number of nitrogens with two attached hydrogens (primary N) is 1. The Hall–Kier alpha value is -2.00. The summed E-state index contributed by atoms with van der Waals surface area (Å²) in [6.45, 7) is 0. The maximum atomic E-state index is 12.2. The van der Waals surface area contributed by atoms with Crippen LogP contribution < -0.4 is 11.2 Å². The summed E-state index contributed by atoms with van der Waals surface area (Å²) in [5, 5.41) is 1.45. The summed E-state index contributed by atoms with van der Waals surface area (Å²) >= 11 is 5.87. The highest BCUT2D eigenvalue weighted by molar-refractivity contribution is 6.31. The predicted molar refractivity (Wildman–Crippen MR) is 69.4 cm³/mol. The normalized spacial score (nSPS) is 11.1. The summed E-state index contributed by atoms with van der Waals surface area (Å²) in [4.78, 5) is 12.2. The molecule has 2 aromatic carbocycles. The molecule has 2 N–H and O–H groups in total. The van der Waals surface area contributed by atoms with Crippen molar-refractivity contribution in [3.63, 3.8) is 0 Å². The van der Waals surface area contributed by atoms with Gasteiger partial charge in [-0.3, -0.25) is 4.79 Å². The summed E-state index contributed by atoms with van der Waals surface area (Å²) in [6.07, 6.45) is 0. The van der Waals surface area contributed by atoms with Crippen LogP contribution in [0.3, 0.4) is 0 Å². The fourth-order valence-corrected chi connectivity index (χ4v) is 2.02. The minimum absolute atomic E-state index is 0.115. The number of halogens is 1. The molecule has 1 heterocycles. The van der Waals surface area contributed by atoms with Gasteiger partial charge in [0.05, 0.1) is 10.8 Å². The van der Waals surface area contributed by atoms with Crippen LogP contribution >= 0.6 is 11.6 Å². The SMILES string of the molecule is Nc1ccc2oc3ccc(Cl)cc3c(=O)c2c1. The van der Waals surface area contributed by atoms with Gasteiger partial charge in [-0.25, -0.2) is 0 Å². The van der Waals surface area contributed by atoms with Crippen molar-refractivity contribution < 1.29 is 4.42 Å². The molecular formula is C13H8ClNO2. The molecule has 0 amide bonds. The monoisotopic (exact) mass is 245 g/mol. The molecule has 0 radical (unpaired) electrons.